The summed E-state index contributed by atoms with van der Waals surface area (Å²) >= 11 is 5.81. The maximum atomic E-state index is 12.0. The predicted octanol–water partition coefficient (Wildman–Crippen LogP) is 1.58. The average molecular weight is 267 g/mol. The van der Waals surface area contributed by atoms with Crippen LogP contribution in [0.3, 0.4) is 0 Å². The van der Waals surface area contributed by atoms with Crippen molar-refractivity contribution in [1.29, 1.82) is 0 Å². The molecule has 1 aromatic rings. The van der Waals surface area contributed by atoms with Crippen LogP contribution in [-0.4, -0.2) is 28.8 Å². The highest BCUT2D eigenvalue weighted by Crippen LogP contribution is 2.16. The lowest BCUT2D eigenvalue weighted by Crippen LogP contribution is -2.60. The van der Waals surface area contributed by atoms with Crippen LogP contribution < -0.4 is 5.32 Å². The maximum absolute atomic E-state index is 12.0. The Kier molecular flexibility index (Phi) is 3.57. The van der Waals surface area contributed by atoms with Crippen LogP contribution in [0.25, 0.3) is 0 Å². The van der Waals surface area contributed by atoms with Crippen LogP contribution in [-0.2, 0) is 16.1 Å². The molecule has 1 aliphatic rings. The van der Waals surface area contributed by atoms with E-state index in [2.05, 4.69) is 5.32 Å². The molecule has 96 valence electrons. The van der Waals surface area contributed by atoms with Gasteiger partial charge in [0.25, 0.3) is 0 Å². The lowest BCUT2D eigenvalue weighted by atomic mass is 10.1. The number of carbonyl (C=O) groups is 2. The van der Waals surface area contributed by atoms with E-state index in [1.54, 1.807) is 30.9 Å². The van der Waals surface area contributed by atoms with Gasteiger partial charge in [-0.15, -0.1) is 0 Å². The number of nitrogens with one attached hydrogen (secondary N) is 1. The Balaban J connectivity index is 2.17. The first-order chi connectivity index (χ1) is 8.49. The molecular formula is C13H15ClN2O2. The molecule has 0 saturated carbocycles. The Bertz CT molecular complexity index is 472. The average Bonchev–Trinajstić information content (AvgIpc) is 2.34. The van der Waals surface area contributed by atoms with E-state index < -0.39 is 12.1 Å². The van der Waals surface area contributed by atoms with Crippen molar-refractivity contribution in [3.63, 3.8) is 0 Å². The highest BCUT2D eigenvalue weighted by molar-refractivity contribution is 6.30. The Hall–Kier alpha value is -1.55. The number of amides is 2. The summed E-state index contributed by atoms with van der Waals surface area (Å²) in [6.07, 6.45) is 0. The fraction of sp³-hybridized carbons (Fsp3) is 0.385. The molecule has 5 heteroatoms. The second-order valence-corrected chi connectivity index (χ2v) is 4.94. The summed E-state index contributed by atoms with van der Waals surface area (Å²) in [5.74, 6) is -0.173. The van der Waals surface area contributed by atoms with Gasteiger partial charge in [-0.2, -0.15) is 0 Å². The molecular weight excluding hydrogens is 252 g/mol. The highest BCUT2D eigenvalue weighted by Gasteiger charge is 2.35. The van der Waals surface area contributed by atoms with Crippen molar-refractivity contribution in [1.82, 2.24) is 10.2 Å². The summed E-state index contributed by atoms with van der Waals surface area (Å²) in [6.45, 7) is 3.85. The van der Waals surface area contributed by atoms with Crippen LogP contribution in [0.15, 0.2) is 24.3 Å². The molecule has 1 N–H and O–H groups in total. The van der Waals surface area contributed by atoms with E-state index in [-0.39, 0.29) is 11.8 Å². The minimum atomic E-state index is -0.457. The topological polar surface area (TPSA) is 49.4 Å². The van der Waals surface area contributed by atoms with Crippen LogP contribution in [0, 0.1) is 0 Å². The second-order valence-electron chi connectivity index (χ2n) is 4.50. The van der Waals surface area contributed by atoms with Gasteiger partial charge >= 0.3 is 0 Å². The van der Waals surface area contributed by atoms with Crippen molar-refractivity contribution in [2.24, 2.45) is 0 Å². The lowest BCUT2D eigenvalue weighted by molar-refractivity contribution is -0.148. The van der Waals surface area contributed by atoms with Crippen molar-refractivity contribution in [2.45, 2.75) is 32.5 Å². The van der Waals surface area contributed by atoms with E-state index in [0.717, 1.165) is 5.56 Å². The van der Waals surface area contributed by atoms with Crippen molar-refractivity contribution in [3.8, 4) is 0 Å². The quantitative estimate of drug-likeness (QED) is 0.884. The van der Waals surface area contributed by atoms with Crippen LogP contribution in [0.1, 0.15) is 19.4 Å². The number of hydrogen-bond acceptors (Lipinski definition) is 2. The van der Waals surface area contributed by atoms with E-state index in [1.807, 2.05) is 12.1 Å². The van der Waals surface area contributed by atoms with Crippen LogP contribution in [0.4, 0.5) is 0 Å². The number of rotatable bonds is 2. The molecule has 1 aromatic carbocycles. The largest absolute Gasteiger partial charge is 0.343 e. The van der Waals surface area contributed by atoms with Crippen LogP contribution in [0.5, 0.6) is 0 Å². The van der Waals surface area contributed by atoms with E-state index in [9.17, 15) is 9.59 Å². The van der Waals surface area contributed by atoms with E-state index in [1.165, 1.54) is 0 Å². The van der Waals surface area contributed by atoms with E-state index in [0.29, 0.717) is 11.6 Å². The summed E-state index contributed by atoms with van der Waals surface area (Å²) in [6, 6.07) is 6.38. The number of hydrogen-bond donors (Lipinski definition) is 1. The first-order valence-corrected chi connectivity index (χ1v) is 6.22. The predicted molar refractivity (Wildman–Crippen MR) is 69.1 cm³/mol. The fourth-order valence-corrected chi connectivity index (χ4v) is 2.10. The number of carbonyl (C=O) groups excluding carboxylic acids is 2. The Morgan fingerprint density at radius 2 is 1.83 bits per heavy atom. The van der Waals surface area contributed by atoms with Crippen molar-refractivity contribution < 1.29 is 9.59 Å². The molecule has 1 aliphatic heterocycles. The smallest absolute Gasteiger partial charge is 0.245 e. The molecule has 0 aromatic heterocycles. The van der Waals surface area contributed by atoms with Gasteiger partial charge in [-0.05, 0) is 31.5 Å². The van der Waals surface area contributed by atoms with Gasteiger partial charge in [0.15, 0.2) is 0 Å². The zero-order valence-corrected chi connectivity index (χ0v) is 11.1. The van der Waals surface area contributed by atoms with Gasteiger partial charge in [-0.25, -0.2) is 0 Å². The van der Waals surface area contributed by atoms with Gasteiger partial charge in [-0.3, -0.25) is 9.59 Å². The molecule has 0 spiro atoms. The summed E-state index contributed by atoms with van der Waals surface area (Å²) in [5, 5.41) is 3.31. The van der Waals surface area contributed by atoms with Crippen molar-refractivity contribution in [2.75, 3.05) is 0 Å². The highest BCUT2D eigenvalue weighted by atomic mass is 35.5. The van der Waals surface area contributed by atoms with Gasteiger partial charge in [0.05, 0.1) is 0 Å². The molecule has 4 nitrogen and oxygen atoms in total. The molecule has 18 heavy (non-hydrogen) atoms. The molecule has 1 fully saturated rings. The summed E-state index contributed by atoms with van der Waals surface area (Å²) in [5.41, 5.74) is 0.960. The number of halogens is 1. The minimum Gasteiger partial charge on any atom is -0.343 e. The first-order valence-electron chi connectivity index (χ1n) is 5.84. The van der Waals surface area contributed by atoms with Crippen molar-refractivity contribution in [3.05, 3.63) is 34.9 Å². The normalized spacial score (nSPS) is 24.1. The second kappa shape index (κ2) is 4.98. The van der Waals surface area contributed by atoms with Crippen LogP contribution >= 0.6 is 11.6 Å². The first kappa shape index (κ1) is 12.9. The zero-order valence-electron chi connectivity index (χ0n) is 10.3. The maximum Gasteiger partial charge on any atom is 0.245 e. The van der Waals surface area contributed by atoms with Gasteiger partial charge in [0.1, 0.15) is 12.1 Å². The van der Waals surface area contributed by atoms with Gasteiger partial charge < -0.3 is 10.2 Å². The van der Waals surface area contributed by atoms with Crippen LogP contribution in [0.2, 0.25) is 5.02 Å². The lowest BCUT2D eigenvalue weighted by Gasteiger charge is -2.36. The summed E-state index contributed by atoms with van der Waals surface area (Å²) in [4.78, 5) is 25.3. The molecule has 2 atom stereocenters. The summed E-state index contributed by atoms with van der Waals surface area (Å²) in [7, 11) is 0. The molecule has 2 unspecified atom stereocenters. The Morgan fingerprint density at radius 3 is 2.44 bits per heavy atom. The van der Waals surface area contributed by atoms with Gasteiger partial charge in [0, 0.05) is 11.6 Å². The van der Waals surface area contributed by atoms with Gasteiger partial charge in [-0.1, -0.05) is 23.7 Å². The molecule has 0 aliphatic carbocycles. The molecule has 1 heterocycles. The molecule has 1 saturated heterocycles. The van der Waals surface area contributed by atoms with Crippen molar-refractivity contribution >= 4 is 23.4 Å². The monoisotopic (exact) mass is 266 g/mol. The van der Waals surface area contributed by atoms with E-state index in [4.69, 9.17) is 11.6 Å². The molecule has 2 amide bonds. The zero-order chi connectivity index (χ0) is 13.3. The standard InChI is InChI=1S/C13H15ClN2O2/c1-8-13(18)16(9(2)12(17)15-8)7-10-3-5-11(14)6-4-10/h3-6,8-9H,7H2,1-2H3,(H,15,17). The third-order valence-electron chi connectivity index (χ3n) is 3.13. The SMILES string of the molecule is CC1NC(=O)C(C)N(Cc2ccc(Cl)cc2)C1=O. The number of nitrogens with zero attached hydrogens (tertiary/aromatic N) is 1. The Labute approximate surface area is 111 Å². The third-order valence-corrected chi connectivity index (χ3v) is 3.38. The molecule has 0 bridgehead atoms. The third kappa shape index (κ3) is 2.48. The van der Waals surface area contributed by atoms with Gasteiger partial charge in [0.2, 0.25) is 11.8 Å². The number of benzene rings is 1. The minimum absolute atomic E-state index is 0.0583. The summed E-state index contributed by atoms with van der Waals surface area (Å²) < 4.78 is 0. The van der Waals surface area contributed by atoms with E-state index >= 15 is 0 Å². The number of piperazine rings is 1. The Morgan fingerprint density at radius 1 is 1.22 bits per heavy atom. The fourth-order valence-electron chi connectivity index (χ4n) is 1.98. The molecule has 2 rings (SSSR count). The molecule has 0 radical (unpaired) electrons.